The molecule has 1 amide bonds. The van der Waals surface area contributed by atoms with E-state index < -0.39 is 23.0 Å². The van der Waals surface area contributed by atoms with Gasteiger partial charge < -0.3 is 10.1 Å². The van der Waals surface area contributed by atoms with Crippen LogP contribution in [0.3, 0.4) is 0 Å². The van der Waals surface area contributed by atoms with E-state index in [4.69, 9.17) is 4.74 Å². The number of nitrogens with zero attached hydrogens (tertiary/aromatic N) is 2. The largest absolute Gasteiger partial charge is 0.478 e. The van der Waals surface area contributed by atoms with Crippen LogP contribution in [0.5, 0.6) is 5.88 Å². The van der Waals surface area contributed by atoms with Crippen molar-refractivity contribution < 1.29 is 18.3 Å². The predicted octanol–water partition coefficient (Wildman–Crippen LogP) is 2.84. The van der Waals surface area contributed by atoms with Gasteiger partial charge in [0.15, 0.2) is 17.3 Å². The van der Waals surface area contributed by atoms with E-state index in [9.17, 15) is 18.4 Å². The molecule has 1 N–H and O–H groups in total. The standard InChI is InChI=1S/C20H17F2N3O3/c1-2-28-18-11-17(26)19(20(27)23-12-13-6-4-3-5-7-13)24-25(18)14-8-9-15(21)16(22)10-14/h3-11H,2,12H2,1H3,(H,23,27). The fourth-order valence-electron chi connectivity index (χ4n) is 2.51. The van der Waals surface area contributed by atoms with Gasteiger partial charge in [-0.15, -0.1) is 0 Å². The number of rotatable bonds is 6. The van der Waals surface area contributed by atoms with Crippen molar-refractivity contribution in [2.24, 2.45) is 0 Å². The minimum Gasteiger partial charge on any atom is -0.478 e. The average molecular weight is 385 g/mol. The summed E-state index contributed by atoms with van der Waals surface area (Å²) in [6.07, 6.45) is 0. The number of carbonyl (C=O) groups excluding carboxylic acids is 1. The molecular weight excluding hydrogens is 368 g/mol. The molecule has 3 rings (SSSR count). The van der Waals surface area contributed by atoms with Gasteiger partial charge in [0.2, 0.25) is 11.3 Å². The summed E-state index contributed by atoms with van der Waals surface area (Å²) < 4.78 is 33.3. The lowest BCUT2D eigenvalue weighted by Gasteiger charge is -2.14. The summed E-state index contributed by atoms with van der Waals surface area (Å²) in [5, 5.41) is 6.64. The molecule has 0 unspecified atom stereocenters. The summed E-state index contributed by atoms with van der Waals surface area (Å²) in [7, 11) is 0. The molecule has 0 saturated carbocycles. The fourth-order valence-corrected chi connectivity index (χ4v) is 2.51. The van der Waals surface area contributed by atoms with Gasteiger partial charge in [-0.3, -0.25) is 9.59 Å². The van der Waals surface area contributed by atoms with Crippen LogP contribution in [0.2, 0.25) is 0 Å². The Kier molecular flexibility index (Phi) is 5.78. The highest BCUT2D eigenvalue weighted by Crippen LogP contribution is 2.18. The first kappa shape index (κ1) is 19.2. The smallest absolute Gasteiger partial charge is 0.276 e. The SMILES string of the molecule is CCOc1cc(=O)c(C(=O)NCc2ccccc2)nn1-c1ccc(F)c(F)c1. The summed E-state index contributed by atoms with van der Waals surface area (Å²) in [5.41, 5.74) is -0.0702. The van der Waals surface area contributed by atoms with Crippen molar-refractivity contribution in [3.05, 3.63) is 87.7 Å². The third-order valence-electron chi connectivity index (χ3n) is 3.85. The highest BCUT2D eigenvalue weighted by molar-refractivity contribution is 5.92. The van der Waals surface area contributed by atoms with Gasteiger partial charge in [0.05, 0.1) is 18.4 Å². The van der Waals surface area contributed by atoms with Crippen molar-refractivity contribution in [1.82, 2.24) is 15.1 Å². The second-order valence-electron chi connectivity index (χ2n) is 5.81. The molecule has 0 aliphatic heterocycles. The number of aromatic nitrogens is 2. The minimum atomic E-state index is -1.09. The molecule has 0 fully saturated rings. The van der Waals surface area contributed by atoms with Gasteiger partial charge in [0.1, 0.15) is 0 Å². The van der Waals surface area contributed by atoms with Crippen molar-refractivity contribution in [2.45, 2.75) is 13.5 Å². The van der Waals surface area contributed by atoms with Gasteiger partial charge in [0, 0.05) is 12.6 Å². The van der Waals surface area contributed by atoms with Gasteiger partial charge in [-0.2, -0.15) is 5.10 Å². The first-order valence-electron chi connectivity index (χ1n) is 8.54. The monoisotopic (exact) mass is 385 g/mol. The van der Waals surface area contributed by atoms with Crippen LogP contribution >= 0.6 is 0 Å². The van der Waals surface area contributed by atoms with Crippen molar-refractivity contribution in [2.75, 3.05) is 6.61 Å². The van der Waals surface area contributed by atoms with Gasteiger partial charge in [-0.05, 0) is 24.6 Å². The van der Waals surface area contributed by atoms with Crippen molar-refractivity contribution in [3.63, 3.8) is 0 Å². The number of ether oxygens (including phenoxy) is 1. The van der Waals surface area contributed by atoms with Crippen LogP contribution in [0.1, 0.15) is 23.0 Å². The van der Waals surface area contributed by atoms with E-state index in [1.165, 1.54) is 6.07 Å². The first-order chi connectivity index (χ1) is 13.5. The van der Waals surface area contributed by atoms with Gasteiger partial charge in [-0.1, -0.05) is 30.3 Å². The van der Waals surface area contributed by atoms with E-state index >= 15 is 0 Å². The van der Waals surface area contributed by atoms with Gasteiger partial charge >= 0.3 is 0 Å². The lowest BCUT2D eigenvalue weighted by atomic mass is 10.2. The van der Waals surface area contributed by atoms with E-state index in [-0.39, 0.29) is 30.4 Å². The second-order valence-corrected chi connectivity index (χ2v) is 5.81. The molecule has 2 aromatic carbocycles. The first-order valence-corrected chi connectivity index (χ1v) is 8.54. The Morgan fingerprint density at radius 2 is 1.86 bits per heavy atom. The van der Waals surface area contributed by atoms with Crippen molar-refractivity contribution in [3.8, 4) is 11.6 Å². The van der Waals surface area contributed by atoms with Gasteiger partial charge in [0.25, 0.3) is 5.91 Å². The molecule has 8 heteroatoms. The van der Waals surface area contributed by atoms with Crippen LogP contribution in [-0.4, -0.2) is 22.3 Å². The maximum Gasteiger partial charge on any atom is 0.276 e. The molecule has 0 radical (unpaired) electrons. The number of amides is 1. The zero-order chi connectivity index (χ0) is 20.1. The zero-order valence-corrected chi connectivity index (χ0v) is 15.0. The maximum atomic E-state index is 13.6. The van der Waals surface area contributed by atoms with E-state index in [0.717, 1.165) is 28.4 Å². The number of halogens is 2. The normalized spacial score (nSPS) is 10.5. The Morgan fingerprint density at radius 1 is 1.11 bits per heavy atom. The molecule has 0 saturated heterocycles. The van der Waals surface area contributed by atoms with E-state index in [2.05, 4.69) is 10.4 Å². The lowest BCUT2D eigenvalue weighted by Crippen LogP contribution is -2.31. The minimum absolute atomic E-state index is 0.0121. The second kappa shape index (κ2) is 8.43. The highest BCUT2D eigenvalue weighted by atomic mass is 19.2. The third-order valence-corrected chi connectivity index (χ3v) is 3.85. The van der Waals surface area contributed by atoms with E-state index in [1.807, 2.05) is 30.3 Å². The Bertz CT molecular complexity index is 1050. The average Bonchev–Trinajstić information content (AvgIpc) is 2.69. The quantitative estimate of drug-likeness (QED) is 0.708. The molecule has 28 heavy (non-hydrogen) atoms. The predicted molar refractivity (Wildman–Crippen MR) is 98.5 cm³/mol. The Morgan fingerprint density at radius 3 is 2.54 bits per heavy atom. The number of nitrogens with one attached hydrogen (secondary N) is 1. The van der Waals surface area contributed by atoms with Gasteiger partial charge in [-0.25, -0.2) is 13.5 Å². The summed E-state index contributed by atoms with van der Waals surface area (Å²) in [5.74, 6) is -2.79. The van der Waals surface area contributed by atoms with Crippen LogP contribution in [0.25, 0.3) is 5.69 Å². The molecule has 0 spiro atoms. The van der Waals surface area contributed by atoms with Crippen LogP contribution in [0.15, 0.2) is 59.4 Å². The maximum absolute atomic E-state index is 13.6. The third kappa shape index (κ3) is 4.22. The molecule has 0 aliphatic carbocycles. The van der Waals surface area contributed by atoms with Crippen LogP contribution in [0, 0.1) is 11.6 Å². The molecular formula is C20H17F2N3O3. The molecule has 1 aromatic heterocycles. The molecule has 0 aliphatic rings. The summed E-state index contributed by atoms with van der Waals surface area (Å²) in [4.78, 5) is 24.8. The lowest BCUT2D eigenvalue weighted by molar-refractivity contribution is 0.0942. The zero-order valence-electron chi connectivity index (χ0n) is 15.0. The van der Waals surface area contributed by atoms with Crippen LogP contribution < -0.4 is 15.5 Å². The molecule has 6 nitrogen and oxygen atoms in total. The summed E-state index contributed by atoms with van der Waals surface area (Å²) in [6.45, 7) is 2.12. The topological polar surface area (TPSA) is 73.2 Å². The number of hydrogen-bond acceptors (Lipinski definition) is 4. The molecule has 3 aromatic rings. The molecule has 0 atom stereocenters. The number of hydrogen-bond donors (Lipinski definition) is 1. The number of benzene rings is 2. The number of carbonyl (C=O) groups is 1. The summed E-state index contributed by atoms with van der Waals surface area (Å²) >= 11 is 0. The Hall–Kier alpha value is -3.55. The molecule has 0 bridgehead atoms. The van der Waals surface area contributed by atoms with Crippen molar-refractivity contribution >= 4 is 5.91 Å². The Labute approximate surface area is 159 Å². The Balaban J connectivity index is 1.96. The van der Waals surface area contributed by atoms with Crippen LogP contribution in [-0.2, 0) is 6.54 Å². The highest BCUT2D eigenvalue weighted by Gasteiger charge is 2.18. The van der Waals surface area contributed by atoms with Crippen molar-refractivity contribution in [1.29, 1.82) is 0 Å². The fraction of sp³-hybridized carbons (Fsp3) is 0.150. The van der Waals surface area contributed by atoms with E-state index in [0.29, 0.717) is 0 Å². The van der Waals surface area contributed by atoms with Crippen LogP contribution in [0.4, 0.5) is 8.78 Å². The summed E-state index contributed by atoms with van der Waals surface area (Å²) in [6, 6.07) is 13.3. The molecule has 144 valence electrons. The molecule has 1 heterocycles. The van der Waals surface area contributed by atoms with E-state index in [1.54, 1.807) is 6.92 Å².